The summed E-state index contributed by atoms with van der Waals surface area (Å²) >= 11 is 0. The molecule has 0 bridgehead atoms. The van der Waals surface area contributed by atoms with Crippen molar-refractivity contribution in [1.29, 1.82) is 0 Å². The highest BCUT2D eigenvalue weighted by atomic mass is 16.2. The summed E-state index contributed by atoms with van der Waals surface area (Å²) in [6.07, 6.45) is 18.6. The number of ketones is 2. The number of aryl methyl sites for hydroxylation is 4. The number of hydrogen-bond acceptors (Lipinski definition) is 2. The second kappa shape index (κ2) is 16.5. The number of Topliss-reactive ketones (excluding diaryl/α,β-unsaturated/α-hetero) is 2. The lowest BCUT2D eigenvalue weighted by Crippen LogP contribution is -2.44. The van der Waals surface area contributed by atoms with Crippen molar-refractivity contribution in [3.63, 3.8) is 0 Å². The van der Waals surface area contributed by atoms with Gasteiger partial charge < -0.3 is 0 Å². The van der Waals surface area contributed by atoms with E-state index in [-0.39, 0.29) is 11.6 Å². The summed E-state index contributed by atoms with van der Waals surface area (Å²) in [6, 6.07) is 21.8. The van der Waals surface area contributed by atoms with Crippen LogP contribution in [0.3, 0.4) is 0 Å². The Morgan fingerprint density at radius 3 is 1.17 bits per heavy atom. The first-order valence-electron chi connectivity index (χ1n) is 18.7. The van der Waals surface area contributed by atoms with Gasteiger partial charge in [0.25, 0.3) is 0 Å². The van der Waals surface area contributed by atoms with Crippen molar-refractivity contribution in [2.45, 2.75) is 142 Å². The van der Waals surface area contributed by atoms with E-state index in [2.05, 4.69) is 88.4 Å². The SMILES string of the molecule is CCCCCCc1cccc2c(C3C(=O)C(c4ccc(CCCC)c5c(CCCC)cccc45)C3=O)ccc(CCCCCC)c12. The maximum atomic E-state index is 14.2. The zero-order valence-corrected chi connectivity index (χ0v) is 29.1. The van der Waals surface area contributed by atoms with Crippen LogP contribution < -0.4 is 0 Å². The molecule has 0 saturated heterocycles. The smallest absolute Gasteiger partial charge is 0.162 e. The minimum Gasteiger partial charge on any atom is -0.297 e. The van der Waals surface area contributed by atoms with Crippen molar-refractivity contribution in [2.75, 3.05) is 0 Å². The maximum Gasteiger partial charge on any atom is 0.162 e. The lowest BCUT2D eigenvalue weighted by molar-refractivity contribution is -0.142. The Balaban J connectivity index is 1.52. The van der Waals surface area contributed by atoms with Crippen LogP contribution in [-0.2, 0) is 35.3 Å². The summed E-state index contributed by atoms with van der Waals surface area (Å²) in [5.74, 6) is -1.21. The molecule has 244 valence electrons. The van der Waals surface area contributed by atoms with Gasteiger partial charge in [0.15, 0.2) is 11.6 Å². The van der Waals surface area contributed by atoms with Gasteiger partial charge in [0, 0.05) is 0 Å². The Labute approximate surface area is 278 Å². The third-order valence-corrected chi connectivity index (χ3v) is 10.5. The first-order valence-corrected chi connectivity index (χ1v) is 18.7. The number of fused-ring (bicyclic) bond motifs is 2. The summed E-state index contributed by atoms with van der Waals surface area (Å²) in [4.78, 5) is 28.4. The largest absolute Gasteiger partial charge is 0.297 e. The third-order valence-electron chi connectivity index (χ3n) is 10.5. The van der Waals surface area contributed by atoms with Crippen LogP contribution in [0.25, 0.3) is 21.5 Å². The lowest BCUT2D eigenvalue weighted by Gasteiger charge is -2.34. The maximum absolute atomic E-state index is 14.2. The molecule has 4 aromatic rings. The van der Waals surface area contributed by atoms with Gasteiger partial charge in [-0.1, -0.05) is 140 Å². The Hall–Kier alpha value is -3.26. The van der Waals surface area contributed by atoms with Crippen LogP contribution in [0.1, 0.15) is 150 Å². The minimum absolute atomic E-state index is 0.0666. The second-order valence-corrected chi connectivity index (χ2v) is 13.8. The first-order chi connectivity index (χ1) is 22.5. The number of benzene rings is 4. The van der Waals surface area contributed by atoms with Gasteiger partial charge in [0.1, 0.15) is 11.8 Å². The average molecular weight is 617 g/mol. The number of unbranched alkanes of at least 4 members (excludes halogenated alkanes) is 8. The van der Waals surface area contributed by atoms with E-state index in [1.54, 1.807) is 0 Å². The van der Waals surface area contributed by atoms with Crippen LogP contribution >= 0.6 is 0 Å². The highest BCUT2D eigenvalue weighted by molar-refractivity contribution is 6.33. The molecular weight excluding hydrogens is 560 g/mol. The molecule has 0 atom stereocenters. The normalized spacial score (nSPS) is 16.4. The highest BCUT2D eigenvalue weighted by Crippen LogP contribution is 2.46. The van der Waals surface area contributed by atoms with E-state index in [0.717, 1.165) is 73.3 Å². The predicted octanol–water partition coefficient (Wildman–Crippen LogP) is 11.9. The highest BCUT2D eigenvalue weighted by Gasteiger charge is 2.51. The molecular formula is C44H56O2. The Morgan fingerprint density at radius 1 is 0.413 bits per heavy atom. The molecule has 0 aromatic heterocycles. The monoisotopic (exact) mass is 616 g/mol. The molecule has 0 aliphatic heterocycles. The molecule has 0 amide bonds. The zero-order chi connectivity index (χ0) is 32.5. The van der Waals surface area contributed by atoms with Crippen LogP contribution in [0.2, 0.25) is 0 Å². The fourth-order valence-electron chi connectivity index (χ4n) is 7.85. The van der Waals surface area contributed by atoms with E-state index in [1.165, 1.54) is 84.4 Å². The van der Waals surface area contributed by atoms with E-state index in [4.69, 9.17) is 0 Å². The van der Waals surface area contributed by atoms with Gasteiger partial charge in [0.2, 0.25) is 0 Å². The first kappa shape index (κ1) is 34.1. The summed E-state index contributed by atoms with van der Waals surface area (Å²) < 4.78 is 0. The fourth-order valence-corrected chi connectivity index (χ4v) is 7.85. The van der Waals surface area contributed by atoms with Gasteiger partial charge in [-0.05, 0) is 106 Å². The van der Waals surface area contributed by atoms with E-state index >= 15 is 0 Å². The molecule has 0 unspecified atom stereocenters. The molecule has 0 N–H and O–H groups in total. The van der Waals surface area contributed by atoms with Crippen molar-refractivity contribution in [3.05, 3.63) is 94.0 Å². The van der Waals surface area contributed by atoms with Gasteiger partial charge in [-0.25, -0.2) is 0 Å². The van der Waals surface area contributed by atoms with Crippen LogP contribution in [-0.4, -0.2) is 11.6 Å². The number of rotatable bonds is 18. The lowest BCUT2D eigenvalue weighted by atomic mass is 9.64. The summed E-state index contributed by atoms with van der Waals surface area (Å²) in [5, 5.41) is 4.82. The molecule has 0 heterocycles. The molecule has 1 aliphatic rings. The molecule has 1 fully saturated rings. The topological polar surface area (TPSA) is 34.1 Å². The zero-order valence-electron chi connectivity index (χ0n) is 29.1. The van der Waals surface area contributed by atoms with Gasteiger partial charge in [-0.15, -0.1) is 0 Å². The second-order valence-electron chi connectivity index (χ2n) is 13.8. The average Bonchev–Trinajstić information content (AvgIpc) is 3.08. The molecule has 0 spiro atoms. The van der Waals surface area contributed by atoms with Crippen molar-refractivity contribution in [2.24, 2.45) is 0 Å². The van der Waals surface area contributed by atoms with Crippen LogP contribution in [0.15, 0.2) is 60.7 Å². The fraction of sp³-hybridized carbons (Fsp3) is 0.500. The Bertz CT molecular complexity index is 1590. The molecule has 4 aromatic carbocycles. The molecule has 1 saturated carbocycles. The predicted molar refractivity (Wildman–Crippen MR) is 196 cm³/mol. The van der Waals surface area contributed by atoms with Crippen molar-refractivity contribution in [1.82, 2.24) is 0 Å². The number of hydrogen-bond donors (Lipinski definition) is 0. The quantitative estimate of drug-likeness (QED) is 0.0823. The van der Waals surface area contributed by atoms with Gasteiger partial charge in [-0.2, -0.15) is 0 Å². The standard InChI is InChI=1S/C44H56O2/c1-5-9-13-15-21-32-24-18-26-36-38(30-28-34(40(32)36)22-16-14-10-6-2)42-43(45)41(44(42)46)37-29-27-33(20-12-8-4)39-31(19-11-7-3)23-17-25-35(37)39/h17-18,23-30,41-42H,5-16,19-22H2,1-4H3. The van der Waals surface area contributed by atoms with Crippen LogP contribution in [0, 0.1) is 0 Å². The Kier molecular flexibility index (Phi) is 12.2. The van der Waals surface area contributed by atoms with Crippen molar-refractivity contribution >= 4 is 33.1 Å². The molecule has 0 radical (unpaired) electrons. The van der Waals surface area contributed by atoms with E-state index < -0.39 is 11.8 Å². The minimum atomic E-state index is -0.671. The Morgan fingerprint density at radius 2 is 0.783 bits per heavy atom. The molecule has 1 aliphatic carbocycles. The van der Waals surface area contributed by atoms with Gasteiger partial charge >= 0.3 is 0 Å². The van der Waals surface area contributed by atoms with Crippen LogP contribution in [0.4, 0.5) is 0 Å². The van der Waals surface area contributed by atoms with Gasteiger partial charge in [0.05, 0.1) is 0 Å². The van der Waals surface area contributed by atoms with Crippen molar-refractivity contribution in [3.8, 4) is 0 Å². The molecule has 2 heteroatoms. The number of carbonyl (C=O) groups is 2. The summed E-state index contributed by atoms with van der Waals surface area (Å²) in [7, 11) is 0. The molecule has 2 nitrogen and oxygen atoms in total. The van der Waals surface area contributed by atoms with Crippen LogP contribution in [0.5, 0.6) is 0 Å². The van der Waals surface area contributed by atoms with E-state index in [0.29, 0.717) is 0 Å². The third kappa shape index (κ3) is 7.17. The van der Waals surface area contributed by atoms with E-state index in [9.17, 15) is 9.59 Å². The molecule has 5 rings (SSSR count). The van der Waals surface area contributed by atoms with E-state index in [1.807, 2.05) is 0 Å². The van der Waals surface area contributed by atoms with Crippen molar-refractivity contribution < 1.29 is 9.59 Å². The summed E-state index contributed by atoms with van der Waals surface area (Å²) in [5.41, 5.74) is 7.30. The van der Waals surface area contributed by atoms with Gasteiger partial charge in [-0.3, -0.25) is 9.59 Å². The summed E-state index contributed by atoms with van der Waals surface area (Å²) in [6.45, 7) is 8.98. The molecule has 46 heavy (non-hydrogen) atoms. The number of carbonyl (C=O) groups excluding carboxylic acids is 2.